The molecule has 0 saturated carbocycles. The quantitative estimate of drug-likeness (QED) is 0.865. The Kier molecular flexibility index (Phi) is 4.97. The number of nitrogens with zero attached hydrogens (tertiary/aromatic N) is 3. The molecule has 0 bridgehead atoms. The Morgan fingerprint density at radius 3 is 2.87 bits per heavy atom. The van der Waals surface area contributed by atoms with Crippen LogP contribution < -0.4 is 5.32 Å². The van der Waals surface area contributed by atoms with Crippen LogP contribution in [0.15, 0.2) is 33.7 Å². The Hall–Kier alpha value is -1.86. The lowest BCUT2D eigenvalue weighted by Crippen LogP contribution is -2.52. The number of thioether (sulfide) groups is 1. The molecule has 1 saturated heterocycles. The van der Waals surface area contributed by atoms with Gasteiger partial charge >= 0.3 is 0 Å². The zero-order chi connectivity index (χ0) is 16.2. The predicted octanol–water partition coefficient (Wildman–Crippen LogP) is 2.10. The van der Waals surface area contributed by atoms with E-state index in [2.05, 4.69) is 22.4 Å². The number of hydrogen-bond acceptors (Lipinski definition) is 6. The molecule has 1 amide bonds. The highest BCUT2D eigenvalue weighted by molar-refractivity contribution is 7.98. The minimum absolute atomic E-state index is 0.100. The van der Waals surface area contributed by atoms with E-state index in [1.807, 2.05) is 29.2 Å². The van der Waals surface area contributed by atoms with Crippen LogP contribution in [-0.4, -0.2) is 46.6 Å². The highest BCUT2D eigenvalue weighted by Crippen LogP contribution is 2.23. The molecule has 122 valence electrons. The molecule has 1 N–H and O–H groups in total. The third-order valence-corrected chi connectivity index (χ3v) is 4.79. The van der Waals surface area contributed by atoms with Gasteiger partial charge in [0, 0.05) is 36.1 Å². The second-order valence-electron chi connectivity index (χ2n) is 5.60. The van der Waals surface area contributed by atoms with Gasteiger partial charge in [-0.1, -0.05) is 5.16 Å². The van der Waals surface area contributed by atoms with Crippen LogP contribution in [0.25, 0.3) is 0 Å². The molecular weight excluding hydrogens is 312 g/mol. The second kappa shape index (κ2) is 7.14. The number of nitrogens with one attached hydrogen (secondary N) is 1. The van der Waals surface area contributed by atoms with E-state index in [1.54, 1.807) is 18.7 Å². The van der Waals surface area contributed by atoms with Gasteiger partial charge in [0.05, 0.1) is 5.75 Å². The van der Waals surface area contributed by atoms with Crippen molar-refractivity contribution in [3.63, 3.8) is 0 Å². The first-order valence-corrected chi connectivity index (χ1v) is 8.66. The number of rotatable bonds is 4. The average Bonchev–Trinajstić information content (AvgIpc) is 2.99. The Labute approximate surface area is 139 Å². The van der Waals surface area contributed by atoms with Crippen LogP contribution >= 0.6 is 11.8 Å². The van der Waals surface area contributed by atoms with Crippen LogP contribution in [0, 0.1) is 6.92 Å². The molecule has 2 heterocycles. The molecule has 6 nitrogen and oxygen atoms in total. The lowest BCUT2D eigenvalue weighted by Gasteiger charge is -2.34. The summed E-state index contributed by atoms with van der Waals surface area (Å²) in [6.07, 6.45) is 0. The standard InChI is InChI=1S/C16H20N4O2S/c1-11-9-17-7-8-20(11)16(21)13-3-5-14(6-4-13)23-10-15-18-12(2)19-22-15/h3-6,11,17H,7-10H2,1-2H3/t11-/m1/s1. The molecule has 0 spiro atoms. The van der Waals surface area contributed by atoms with E-state index >= 15 is 0 Å². The van der Waals surface area contributed by atoms with Gasteiger partial charge < -0.3 is 14.7 Å². The number of hydrogen-bond donors (Lipinski definition) is 1. The highest BCUT2D eigenvalue weighted by Gasteiger charge is 2.23. The molecule has 1 aliphatic rings. The van der Waals surface area contributed by atoms with Gasteiger partial charge in [-0.2, -0.15) is 4.98 Å². The zero-order valence-corrected chi connectivity index (χ0v) is 14.1. The number of aromatic nitrogens is 2. The van der Waals surface area contributed by atoms with Crippen molar-refractivity contribution in [2.75, 3.05) is 19.6 Å². The number of benzene rings is 1. The summed E-state index contributed by atoms with van der Waals surface area (Å²) in [4.78, 5) is 19.7. The van der Waals surface area contributed by atoms with E-state index in [0.29, 0.717) is 17.5 Å². The van der Waals surface area contributed by atoms with Crippen LogP contribution in [-0.2, 0) is 5.75 Å². The largest absolute Gasteiger partial charge is 0.338 e. The van der Waals surface area contributed by atoms with Crippen molar-refractivity contribution in [1.82, 2.24) is 20.4 Å². The fourth-order valence-corrected chi connectivity index (χ4v) is 3.28. The van der Waals surface area contributed by atoms with E-state index in [0.717, 1.165) is 30.1 Å². The van der Waals surface area contributed by atoms with E-state index in [1.165, 1.54) is 0 Å². The fraction of sp³-hybridized carbons (Fsp3) is 0.438. The third-order valence-electron chi connectivity index (χ3n) is 3.80. The van der Waals surface area contributed by atoms with E-state index in [4.69, 9.17) is 4.52 Å². The second-order valence-corrected chi connectivity index (χ2v) is 6.65. The van der Waals surface area contributed by atoms with Gasteiger partial charge in [0.15, 0.2) is 5.82 Å². The van der Waals surface area contributed by atoms with Crippen LogP contribution in [0.3, 0.4) is 0 Å². The molecule has 1 atom stereocenters. The average molecular weight is 332 g/mol. The minimum atomic E-state index is 0.100. The molecule has 1 aliphatic heterocycles. The first-order chi connectivity index (χ1) is 11.1. The number of piperazine rings is 1. The minimum Gasteiger partial charge on any atom is -0.338 e. The molecule has 7 heteroatoms. The first-order valence-electron chi connectivity index (χ1n) is 7.67. The summed E-state index contributed by atoms with van der Waals surface area (Å²) < 4.78 is 5.09. The molecule has 0 radical (unpaired) electrons. The summed E-state index contributed by atoms with van der Waals surface area (Å²) in [6, 6.07) is 7.94. The van der Waals surface area contributed by atoms with Gasteiger partial charge in [0.1, 0.15) is 0 Å². The van der Waals surface area contributed by atoms with Gasteiger partial charge in [-0.05, 0) is 38.1 Å². The maximum Gasteiger partial charge on any atom is 0.254 e. The summed E-state index contributed by atoms with van der Waals surface area (Å²) in [5.41, 5.74) is 0.733. The summed E-state index contributed by atoms with van der Waals surface area (Å²) in [5, 5.41) is 7.07. The molecule has 1 aromatic heterocycles. The molecular formula is C16H20N4O2S. The van der Waals surface area contributed by atoms with Crippen LogP contribution in [0.1, 0.15) is 29.0 Å². The lowest BCUT2D eigenvalue weighted by atomic mass is 10.1. The Bertz CT molecular complexity index is 671. The van der Waals surface area contributed by atoms with Crippen molar-refractivity contribution < 1.29 is 9.32 Å². The molecule has 23 heavy (non-hydrogen) atoms. The van der Waals surface area contributed by atoms with Crippen LogP contribution in [0.5, 0.6) is 0 Å². The maximum atomic E-state index is 12.6. The normalized spacial score (nSPS) is 18.2. The van der Waals surface area contributed by atoms with Crippen molar-refractivity contribution >= 4 is 17.7 Å². The van der Waals surface area contributed by atoms with Gasteiger partial charge in [0.2, 0.25) is 5.89 Å². The topological polar surface area (TPSA) is 71.3 Å². The summed E-state index contributed by atoms with van der Waals surface area (Å²) in [5.74, 6) is 1.99. The lowest BCUT2D eigenvalue weighted by molar-refractivity contribution is 0.0655. The van der Waals surface area contributed by atoms with Gasteiger partial charge in [-0.25, -0.2) is 0 Å². The fourth-order valence-electron chi connectivity index (χ4n) is 2.55. The summed E-state index contributed by atoms with van der Waals surface area (Å²) in [7, 11) is 0. The monoisotopic (exact) mass is 332 g/mol. The first kappa shape index (κ1) is 16.0. The van der Waals surface area contributed by atoms with Crippen LogP contribution in [0.4, 0.5) is 0 Å². The molecule has 1 fully saturated rings. The highest BCUT2D eigenvalue weighted by atomic mass is 32.2. The number of carbonyl (C=O) groups excluding carboxylic acids is 1. The van der Waals surface area contributed by atoms with Gasteiger partial charge in [-0.15, -0.1) is 11.8 Å². The summed E-state index contributed by atoms with van der Waals surface area (Å²) >= 11 is 1.61. The van der Waals surface area contributed by atoms with Gasteiger partial charge in [-0.3, -0.25) is 4.79 Å². The number of carbonyl (C=O) groups is 1. The molecule has 1 aromatic carbocycles. The molecule has 3 rings (SSSR count). The summed E-state index contributed by atoms with van der Waals surface area (Å²) in [6.45, 7) is 6.33. The predicted molar refractivity (Wildman–Crippen MR) is 88.4 cm³/mol. The van der Waals surface area contributed by atoms with Gasteiger partial charge in [0.25, 0.3) is 5.91 Å². The van der Waals surface area contributed by atoms with Crippen molar-refractivity contribution in [2.24, 2.45) is 0 Å². The van der Waals surface area contributed by atoms with Crippen molar-refractivity contribution in [3.05, 3.63) is 41.5 Å². The SMILES string of the molecule is Cc1noc(CSc2ccc(C(=O)N3CCNC[C@H]3C)cc2)n1. The van der Waals surface area contributed by atoms with Crippen molar-refractivity contribution in [1.29, 1.82) is 0 Å². The Morgan fingerprint density at radius 1 is 1.43 bits per heavy atom. The molecule has 0 unspecified atom stereocenters. The number of aryl methyl sites for hydroxylation is 1. The van der Waals surface area contributed by atoms with E-state index < -0.39 is 0 Å². The third kappa shape index (κ3) is 3.92. The zero-order valence-electron chi connectivity index (χ0n) is 13.3. The number of amides is 1. The van der Waals surface area contributed by atoms with E-state index in [-0.39, 0.29) is 11.9 Å². The molecule has 2 aromatic rings. The van der Waals surface area contributed by atoms with Crippen molar-refractivity contribution in [2.45, 2.75) is 30.5 Å². The van der Waals surface area contributed by atoms with Crippen molar-refractivity contribution in [3.8, 4) is 0 Å². The Morgan fingerprint density at radius 2 is 2.22 bits per heavy atom. The maximum absolute atomic E-state index is 12.6. The molecule has 0 aliphatic carbocycles. The smallest absolute Gasteiger partial charge is 0.254 e. The Balaban J connectivity index is 1.61. The van der Waals surface area contributed by atoms with Crippen LogP contribution in [0.2, 0.25) is 0 Å². The van der Waals surface area contributed by atoms with E-state index in [9.17, 15) is 4.79 Å².